The summed E-state index contributed by atoms with van der Waals surface area (Å²) in [5.74, 6) is 0.332. The molecule has 0 aliphatic heterocycles. The zero-order valence-corrected chi connectivity index (χ0v) is 12.8. The fourth-order valence-corrected chi connectivity index (χ4v) is 3.54. The van der Waals surface area contributed by atoms with E-state index in [9.17, 15) is 4.79 Å². The Morgan fingerprint density at radius 1 is 1.00 bits per heavy atom. The van der Waals surface area contributed by atoms with Crippen molar-refractivity contribution in [3.63, 3.8) is 0 Å². The van der Waals surface area contributed by atoms with Crippen molar-refractivity contribution in [3.05, 3.63) is 0 Å². The minimum Gasteiger partial charge on any atom is -0.349 e. The summed E-state index contributed by atoms with van der Waals surface area (Å²) in [5, 5.41) is 3.59. The lowest BCUT2D eigenvalue weighted by molar-refractivity contribution is -0.124. The van der Waals surface area contributed by atoms with Gasteiger partial charge in [0.25, 0.3) is 0 Å². The standard InChI is InChI=1S/C15H26N2OS/c1-17(13-10-6-3-7-11-13)15(19)16-14(18)12-8-4-2-5-9-12/h12-13H,2-11H2,1H3,(H,16,18,19). The van der Waals surface area contributed by atoms with E-state index >= 15 is 0 Å². The van der Waals surface area contributed by atoms with Crippen LogP contribution in [0.5, 0.6) is 0 Å². The molecule has 0 heterocycles. The summed E-state index contributed by atoms with van der Waals surface area (Å²) in [5.41, 5.74) is 0. The minimum atomic E-state index is 0.146. The molecule has 0 atom stereocenters. The van der Waals surface area contributed by atoms with Gasteiger partial charge in [-0.1, -0.05) is 38.5 Å². The Hall–Kier alpha value is -0.640. The number of rotatable bonds is 2. The molecule has 0 spiro atoms. The molecular formula is C15H26N2OS. The highest BCUT2D eigenvalue weighted by Gasteiger charge is 2.25. The van der Waals surface area contributed by atoms with E-state index in [1.54, 1.807) is 0 Å². The van der Waals surface area contributed by atoms with E-state index < -0.39 is 0 Å². The Balaban J connectivity index is 1.80. The molecule has 0 saturated heterocycles. The van der Waals surface area contributed by atoms with Crippen molar-refractivity contribution in [2.24, 2.45) is 5.92 Å². The van der Waals surface area contributed by atoms with Gasteiger partial charge >= 0.3 is 0 Å². The summed E-state index contributed by atoms with van der Waals surface area (Å²) in [7, 11) is 2.03. The molecular weight excluding hydrogens is 256 g/mol. The predicted molar refractivity (Wildman–Crippen MR) is 82.0 cm³/mol. The van der Waals surface area contributed by atoms with Gasteiger partial charge in [0.1, 0.15) is 0 Å². The number of nitrogens with one attached hydrogen (secondary N) is 1. The second-order valence-electron chi connectivity index (χ2n) is 6.03. The summed E-state index contributed by atoms with van der Waals surface area (Å²) < 4.78 is 0. The topological polar surface area (TPSA) is 32.3 Å². The van der Waals surface area contributed by atoms with Gasteiger partial charge in [-0.25, -0.2) is 0 Å². The number of thiocarbonyl (C=S) groups is 1. The van der Waals surface area contributed by atoms with Crippen LogP contribution in [0.25, 0.3) is 0 Å². The molecule has 3 nitrogen and oxygen atoms in total. The Morgan fingerprint density at radius 2 is 1.53 bits per heavy atom. The van der Waals surface area contributed by atoms with Crippen LogP contribution in [-0.4, -0.2) is 29.0 Å². The van der Waals surface area contributed by atoms with Gasteiger partial charge in [-0.05, 0) is 37.9 Å². The molecule has 2 fully saturated rings. The molecule has 108 valence electrons. The first-order valence-corrected chi connectivity index (χ1v) is 8.17. The van der Waals surface area contributed by atoms with Gasteiger partial charge in [-0.15, -0.1) is 0 Å². The van der Waals surface area contributed by atoms with Gasteiger partial charge in [0.05, 0.1) is 0 Å². The largest absolute Gasteiger partial charge is 0.349 e. The van der Waals surface area contributed by atoms with Crippen molar-refractivity contribution in [2.45, 2.75) is 70.3 Å². The normalized spacial score (nSPS) is 21.9. The number of carbonyl (C=O) groups is 1. The summed E-state index contributed by atoms with van der Waals surface area (Å²) in [6.07, 6.45) is 12.0. The van der Waals surface area contributed by atoms with E-state index in [-0.39, 0.29) is 11.8 Å². The van der Waals surface area contributed by atoms with Crippen LogP contribution in [0.15, 0.2) is 0 Å². The Labute approximate surface area is 122 Å². The van der Waals surface area contributed by atoms with Crippen LogP contribution in [0.1, 0.15) is 64.2 Å². The van der Waals surface area contributed by atoms with Crippen LogP contribution in [0.4, 0.5) is 0 Å². The quantitative estimate of drug-likeness (QED) is 0.789. The maximum absolute atomic E-state index is 12.2. The average Bonchev–Trinajstić information content (AvgIpc) is 2.48. The molecule has 0 aromatic heterocycles. The molecule has 2 aliphatic rings. The molecule has 2 rings (SSSR count). The smallest absolute Gasteiger partial charge is 0.229 e. The summed E-state index contributed by atoms with van der Waals surface area (Å²) in [4.78, 5) is 14.3. The average molecular weight is 282 g/mol. The van der Waals surface area contributed by atoms with E-state index in [2.05, 4.69) is 10.2 Å². The van der Waals surface area contributed by atoms with E-state index in [1.165, 1.54) is 51.4 Å². The third-order valence-electron chi connectivity index (χ3n) is 4.65. The fourth-order valence-electron chi connectivity index (χ4n) is 3.29. The van der Waals surface area contributed by atoms with Gasteiger partial charge in [0.15, 0.2) is 5.11 Å². The van der Waals surface area contributed by atoms with E-state index in [4.69, 9.17) is 12.2 Å². The van der Waals surface area contributed by atoms with Gasteiger partial charge in [0, 0.05) is 19.0 Å². The fraction of sp³-hybridized carbons (Fsp3) is 0.867. The number of hydrogen-bond donors (Lipinski definition) is 1. The molecule has 2 saturated carbocycles. The lowest BCUT2D eigenvalue weighted by Crippen LogP contribution is -2.47. The lowest BCUT2D eigenvalue weighted by atomic mass is 9.89. The third-order valence-corrected chi connectivity index (χ3v) is 5.04. The van der Waals surface area contributed by atoms with Crippen molar-refractivity contribution in [3.8, 4) is 0 Å². The molecule has 19 heavy (non-hydrogen) atoms. The summed E-state index contributed by atoms with van der Waals surface area (Å²) in [6, 6.07) is 0.521. The first-order valence-electron chi connectivity index (χ1n) is 7.76. The molecule has 0 aromatic rings. The number of nitrogens with zero attached hydrogens (tertiary/aromatic N) is 1. The highest BCUT2D eigenvalue weighted by molar-refractivity contribution is 7.80. The highest BCUT2D eigenvalue weighted by atomic mass is 32.1. The molecule has 0 radical (unpaired) electrons. The Morgan fingerprint density at radius 3 is 2.11 bits per heavy atom. The van der Waals surface area contributed by atoms with E-state index in [0.717, 1.165) is 12.8 Å². The number of amides is 1. The highest BCUT2D eigenvalue weighted by Crippen LogP contribution is 2.24. The second-order valence-corrected chi connectivity index (χ2v) is 6.42. The molecule has 0 bridgehead atoms. The Bertz CT molecular complexity index is 320. The van der Waals surface area contributed by atoms with E-state index in [0.29, 0.717) is 11.2 Å². The minimum absolute atomic E-state index is 0.146. The summed E-state index contributed by atoms with van der Waals surface area (Å²) >= 11 is 5.40. The van der Waals surface area contributed by atoms with Gasteiger partial charge < -0.3 is 10.2 Å². The van der Waals surface area contributed by atoms with Crippen LogP contribution in [0, 0.1) is 5.92 Å². The molecule has 2 aliphatic carbocycles. The number of carbonyl (C=O) groups excluding carboxylic acids is 1. The van der Waals surface area contributed by atoms with Gasteiger partial charge in [0.2, 0.25) is 5.91 Å². The van der Waals surface area contributed by atoms with Crippen LogP contribution < -0.4 is 5.32 Å². The lowest BCUT2D eigenvalue weighted by Gasteiger charge is -2.33. The van der Waals surface area contributed by atoms with Crippen molar-refractivity contribution in [2.75, 3.05) is 7.05 Å². The maximum Gasteiger partial charge on any atom is 0.229 e. The maximum atomic E-state index is 12.2. The first-order chi connectivity index (χ1) is 9.18. The SMILES string of the molecule is CN(C(=S)NC(=O)C1CCCCC1)C1CCCCC1. The van der Waals surface area contributed by atoms with Gasteiger partial charge in [-0.2, -0.15) is 0 Å². The molecule has 0 aromatic carbocycles. The van der Waals surface area contributed by atoms with Crippen molar-refractivity contribution < 1.29 is 4.79 Å². The number of hydrogen-bond acceptors (Lipinski definition) is 2. The molecule has 1 amide bonds. The van der Waals surface area contributed by atoms with Crippen LogP contribution in [0.3, 0.4) is 0 Å². The van der Waals surface area contributed by atoms with Crippen LogP contribution in [-0.2, 0) is 4.79 Å². The van der Waals surface area contributed by atoms with E-state index in [1.807, 2.05) is 7.05 Å². The zero-order chi connectivity index (χ0) is 13.7. The van der Waals surface area contributed by atoms with Crippen molar-refractivity contribution in [1.29, 1.82) is 0 Å². The van der Waals surface area contributed by atoms with Crippen molar-refractivity contribution in [1.82, 2.24) is 10.2 Å². The van der Waals surface area contributed by atoms with Crippen LogP contribution in [0.2, 0.25) is 0 Å². The monoisotopic (exact) mass is 282 g/mol. The second kappa shape index (κ2) is 7.22. The summed E-state index contributed by atoms with van der Waals surface area (Å²) in [6.45, 7) is 0. The molecule has 1 N–H and O–H groups in total. The third kappa shape index (κ3) is 4.16. The first kappa shape index (κ1) is 14.8. The molecule has 4 heteroatoms. The zero-order valence-electron chi connectivity index (χ0n) is 12.0. The van der Waals surface area contributed by atoms with Crippen molar-refractivity contribution >= 4 is 23.2 Å². The molecule has 0 unspecified atom stereocenters. The van der Waals surface area contributed by atoms with Gasteiger partial charge in [-0.3, -0.25) is 4.79 Å². The predicted octanol–water partition coefficient (Wildman–Crippen LogP) is 3.23. The Kier molecular flexibility index (Phi) is 5.61. The van der Waals surface area contributed by atoms with Crippen LogP contribution >= 0.6 is 12.2 Å².